The van der Waals surface area contributed by atoms with E-state index in [1.807, 2.05) is 0 Å². The number of amides is 2. The summed E-state index contributed by atoms with van der Waals surface area (Å²) in [6, 6.07) is -2.11. The normalized spacial score (nSPS) is 17.8. The molecule has 1 aromatic heterocycles. The third-order valence-corrected chi connectivity index (χ3v) is 5.97. The molecule has 0 aromatic carbocycles. The van der Waals surface area contributed by atoms with Gasteiger partial charge in [0.25, 0.3) is 0 Å². The molecule has 182 valence electrons. The Kier molecular flexibility index (Phi) is 10.3. The lowest BCUT2D eigenvalue weighted by atomic mass is 9.99. The number of piperazine rings is 1. The second-order valence-corrected chi connectivity index (χ2v) is 8.39. The fraction of sp³-hybridized carbons (Fsp3) is 0.579. The summed E-state index contributed by atoms with van der Waals surface area (Å²) in [7, 11) is 1.64. The number of thiazole rings is 1. The molecule has 13 nitrogen and oxygen atoms in total. The second kappa shape index (κ2) is 12.9. The van der Waals surface area contributed by atoms with Crippen LogP contribution in [0.15, 0.2) is 11.6 Å². The summed E-state index contributed by atoms with van der Waals surface area (Å²) in [4.78, 5) is 44.0. The molecule has 0 aliphatic carbocycles. The van der Waals surface area contributed by atoms with Crippen LogP contribution in [-0.2, 0) is 9.59 Å². The second-order valence-electron chi connectivity index (χ2n) is 7.49. The Morgan fingerprint density at radius 2 is 2.18 bits per heavy atom. The molecule has 1 saturated heterocycles. The first kappa shape index (κ1) is 26.3. The summed E-state index contributed by atoms with van der Waals surface area (Å²) < 4.78 is 0. The quantitative estimate of drug-likeness (QED) is 0.0644. The number of nitrogens with one attached hydrogen (secondary N) is 6. The molecule has 1 aliphatic heterocycles. The Labute approximate surface area is 196 Å². The Balaban J connectivity index is 2.02. The molecule has 0 spiro atoms. The highest BCUT2D eigenvalue weighted by Gasteiger charge is 2.36. The van der Waals surface area contributed by atoms with Crippen molar-refractivity contribution in [3.05, 3.63) is 16.6 Å². The van der Waals surface area contributed by atoms with Gasteiger partial charge in [-0.25, -0.2) is 4.98 Å². The zero-order chi connectivity index (χ0) is 24.4. The zero-order valence-corrected chi connectivity index (χ0v) is 19.3. The fourth-order valence-electron chi connectivity index (χ4n) is 3.54. The number of hydrogen-bond acceptors (Lipinski definition) is 10. The van der Waals surface area contributed by atoms with Gasteiger partial charge < -0.3 is 43.0 Å². The van der Waals surface area contributed by atoms with Gasteiger partial charge in [0, 0.05) is 43.5 Å². The predicted octanol–water partition coefficient (Wildman–Crippen LogP) is -2.56. The Hall–Kier alpha value is -2.94. The number of guanidine groups is 1. The van der Waals surface area contributed by atoms with Crippen LogP contribution in [0.4, 0.5) is 0 Å². The molecule has 3 atom stereocenters. The van der Waals surface area contributed by atoms with Gasteiger partial charge in [-0.2, -0.15) is 0 Å². The molecule has 0 radical (unpaired) electrons. The van der Waals surface area contributed by atoms with E-state index in [4.69, 9.17) is 22.3 Å². The molecule has 0 bridgehead atoms. The van der Waals surface area contributed by atoms with Gasteiger partial charge in [-0.15, -0.1) is 11.3 Å². The number of carbonyl (C=O) groups excluding carboxylic acids is 3. The summed E-state index contributed by atoms with van der Waals surface area (Å²) in [5.74, 6) is -1.26. The van der Waals surface area contributed by atoms with Crippen LogP contribution in [0.25, 0.3) is 0 Å². The molecule has 14 heteroatoms. The smallest absolute Gasteiger partial charge is 0.242 e. The van der Waals surface area contributed by atoms with Crippen molar-refractivity contribution in [1.82, 2.24) is 31.2 Å². The van der Waals surface area contributed by atoms with E-state index in [9.17, 15) is 14.4 Å². The first-order valence-corrected chi connectivity index (χ1v) is 11.4. The van der Waals surface area contributed by atoms with E-state index in [-0.39, 0.29) is 41.5 Å². The topological polar surface area (TPSA) is 215 Å². The van der Waals surface area contributed by atoms with E-state index < -0.39 is 24.0 Å². The average Bonchev–Trinajstić information content (AvgIpc) is 3.33. The van der Waals surface area contributed by atoms with Crippen LogP contribution >= 0.6 is 11.3 Å². The summed E-state index contributed by atoms with van der Waals surface area (Å²) in [5, 5.41) is 28.6. The van der Waals surface area contributed by atoms with E-state index in [0.717, 1.165) is 0 Å². The van der Waals surface area contributed by atoms with Crippen molar-refractivity contribution >= 4 is 40.6 Å². The maximum atomic E-state index is 13.0. The maximum Gasteiger partial charge on any atom is 0.242 e. The first-order chi connectivity index (χ1) is 15.8. The average molecular weight is 481 g/mol. The van der Waals surface area contributed by atoms with Gasteiger partial charge >= 0.3 is 0 Å². The standard InChI is InChI=1S/C19H32N10O3S/c1-24-14(11(21)9-20)15-18(32)29(7-5-25-15)10-13(30)28-12(3-2-4-27-19(22)23)16(31)17-26-6-8-33-17/h6,8,12,14-15,21,24-25H,2-5,7,9-10,20H2,1H3,(H,28,30)(H4,22,23,27)/t12?,14-,15+/m1/s1. The molecule has 1 aromatic rings. The maximum absolute atomic E-state index is 13.0. The Morgan fingerprint density at radius 3 is 2.79 bits per heavy atom. The van der Waals surface area contributed by atoms with Crippen molar-refractivity contribution in [3.63, 3.8) is 0 Å². The Morgan fingerprint density at radius 1 is 1.42 bits per heavy atom. The van der Waals surface area contributed by atoms with Gasteiger partial charge in [0.1, 0.15) is 6.04 Å². The minimum atomic E-state index is -0.818. The van der Waals surface area contributed by atoms with Crippen LogP contribution in [0.2, 0.25) is 0 Å². The van der Waals surface area contributed by atoms with Crippen LogP contribution in [0.3, 0.4) is 0 Å². The SMILES string of the molecule is CN[C@H](C(=N)CN)[C@@H]1NCCN(CC(=O)NC(CCCNC(=N)N)C(=O)c2nccs2)C1=O. The predicted molar refractivity (Wildman–Crippen MR) is 126 cm³/mol. The number of nitrogens with two attached hydrogens (primary N) is 2. The molecule has 2 amide bonds. The molecule has 1 unspecified atom stereocenters. The van der Waals surface area contributed by atoms with Crippen molar-refractivity contribution in [3.8, 4) is 0 Å². The molecule has 2 rings (SSSR count). The van der Waals surface area contributed by atoms with Gasteiger partial charge in [0.2, 0.25) is 17.6 Å². The van der Waals surface area contributed by atoms with Crippen molar-refractivity contribution in [1.29, 1.82) is 10.8 Å². The highest BCUT2D eigenvalue weighted by Crippen LogP contribution is 2.12. The van der Waals surface area contributed by atoms with Crippen LogP contribution < -0.4 is 32.7 Å². The number of hydrogen-bond donors (Lipinski definition) is 8. The van der Waals surface area contributed by atoms with Crippen molar-refractivity contribution in [2.45, 2.75) is 31.0 Å². The number of nitrogens with zero attached hydrogens (tertiary/aromatic N) is 2. The molecule has 1 aliphatic rings. The van der Waals surface area contributed by atoms with E-state index in [2.05, 4.69) is 26.3 Å². The molecular weight excluding hydrogens is 448 g/mol. The van der Waals surface area contributed by atoms with Crippen LogP contribution in [-0.4, -0.2) is 97.0 Å². The highest BCUT2D eigenvalue weighted by molar-refractivity contribution is 7.11. The summed E-state index contributed by atoms with van der Waals surface area (Å²) in [6.07, 6.45) is 2.32. The van der Waals surface area contributed by atoms with E-state index in [1.165, 1.54) is 22.4 Å². The van der Waals surface area contributed by atoms with Crippen molar-refractivity contribution in [2.24, 2.45) is 11.5 Å². The minimum absolute atomic E-state index is 0.0104. The van der Waals surface area contributed by atoms with Gasteiger partial charge in [-0.05, 0) is 19.9 Å². The van der Waals surface area contributed by atoms with Crippen LogP contribution in [0.1, 0.15) is 22.6 Å². The third kappa shape index (κ3) is 7.56. The molecular formula is C19H32N10O3S. The van der Waals surface area contributed by atoms with E-state index >= 15 is 0 Å². The number of aromatic nitrogens is 1. The van der Waals surface area contributed by atoms with Crippen molar-refractivity contribution < 1.29 is 14.4 Å². The third-order valence-electron chi connectivity index (χ3n) is 5.18. The van der Waals surface area contributed by atoms with E-state index in [0.29, 0.717) is 32.5 Å². The number of carbonyl (C=O) groups is 3. The monoisotopic (exact) mass is 480 g/mol. The van der Waals surface area contributed by atoms with Crippen molar-refractivity contribution in [2.75, 3.05) is 39.8 Å². The summed E-state index contributed by atoms with van der Waals surface area (Å²) >= 11 is 1.19. The lowest BCUT2D eigenvalue weighted by Crippen LogP contribution is -2.65. The van der Waals surface area contributed by atoms with Crippen LogP contribution in [0.5, 0.6) is 0 Å². The first-order valence-electron chi connectivity index (χ1n) is 10.6. The highest BCUT2D eigenvalue weighted by atomic mass is 32.1. The van der Waals surface area contributed by atoms with Gasteiger partial charge in [-0.1, -0.05) is 0 Å². The number of ketones is 1. The minimum Gasteiger partial charge on any atom is -0.370 e. The number of rotatable bonds is 13. The zero-order valence-electron chi connectivity index (χ0n) is 18.5. The lowest BCUT2D eigenvalue weighted by molar-refractivity contribution is -0.140. The molecule has 2 heterocycles. The number of likely N-dealkylation sites (N-methyl/N-ethyl adjacent to an activating group) is 1. The van der Waals surface area contributed by atoms with Gasteiger partial charge in [0.15, 0.2) is 11.0 Å². The number of Topliss-reactive ketones (excluding diaryl/α,β-unsaturated/α-hetero) is 1. The largest absolute Gasteiger partial charge is 0.370 e. The fourth-order valence-corrected chi connectivity index (χ4v) is 4.17. The van der Waals surface area contributed by atoms with Crippen LogP contribution in [0, 0.1) is 10.8 Å². The van der Waals surface area contributed by atoms with Gasteiger partial charge in [0.05, 0.1) is 18.6 Å². The van der Waals surface area contributed by atoms with E-state index in [1.54, 1.807) is 12.4 Å². The molecule has 10 N–H and O–H groups in total. The lowest BCUT2D eigenvalue weighted by Gasteiger charge is -2.36. The summed E-state index contributed by atoms with van der Waals surface area (Å²) in [5.41, 5.74) is 11.0. The molecule has 1 fully saturated rings. The summed E-state index contributed by atoms with van der Waals surface area (Å²) in [6.45, 7) is 0.956. The molecule has 33 heavy (non-hydrogen) atoms. The van der Waals surface area contributed by atoms with Gasteiger partial charge in [-0.3, -0.25) is 19.8 Å². The Bertz CT molecular complexity index is 847. The molecule has 0 saturated carbocycles.